The Hall–Kier alpha value is -1.40. The molecule has 3 rings (SSSR count). The minimum absolute atomic E-state index is 0.288. The Morgan fingerprint density at radius 2 is 2.26 bits per heavy atom. The van der Waals surface area contributed by atoms with Crippen LogP contribution < -0.4 is 15.5 Å². The smallest absolute Gasteiger partial charge is 0.170 e. The zero-order valence-corrected chi connectivity index (χ0v) is 14.6. The van der Waals surface area contributed by atoms with Crippen LogP contribution in [0.5, 0.6) is 0 Å². The number of aromatic nitrogens is 1. The van der Waals surface area contributed by atoms with E-state index in [2.05, 4.69) is 33.5 Å². The molecule has 3 heterocycles. The van der Waals surface area contributed by atoms with Crippen LogP contribution in [0.4, 0.5) is 11.5 Å². The molecule has 0 unspecified atom stereocenters. The second-order valence-electron chi connectivity index (χ2n) is 6.41. The second kappa shape index (κ2) is 7.93. The Balaban J connectivity index is 1.49. The van der Waals surface area contributed by atoms with E-state index in [9.17, 15) is 0 Å². The summed E-state index contributed by atoms with van der Waals surface area (Å²) in [4.78, 5) is 6.98. The Labute approximate surface area is 143 Å². The van der Waals surface area contributed by atoms with Crippen LogP contribution in [0.15, 0.2) is 18.3 Å². The predicted molar refractivity (Wildman–Crippen MR) is 98.1 cm³/mol. The molecule has 2 saturated heterocycles. The number of thiocarbonyl (C=S) groups is 1. The molecule has 6 heteroatoms. The van der Waals surface area contributed by atoms with Crippen LogP contribution in [0, 0.1) is 0 Å². The third-order valence-corrected chi connectivity index (χ3v) is 4.86. The summed E-state index contributed by atoms with van der Waals surface area (Å²) >= 11 is 5.33. The fraction of sp³-hybridized carbons (Fsp3) is 0.647. The van der Waals surface area contributed by atoms with Crippen molar-refractivity contribution >= 4 is 28.8 Å². The van der Waals surface area contributed by atoms with Gasteiger partial charge in [-0.1, -0.05) is 0 Å². The van der Waals surface area contributed by atoms with Gasteiger partial charge in [-0.2, -0.15) is 0 Å². The number of ether oxygens (including phenoxy) is 1. The average molecular weight is 334 g/mol. The number of hydrogen-bond donors (Lipinski definition) is 2. The van der Waals surface area contributed by atoms with Gasteiger partial charge in [-0.15, -0.1) is 0 Å². The molecule has 2 atom stereocenters. The maximum absolute atomic E-state index is 5.58. The highest BCUT2D eigenvalue weighted by molar-refractivity contribution is 7.80. The largest absolute Gasteiger partial charge is 0.376 e. The molecule has 126 valence electrons. The van der Waals surface area contributed by atoms with Gasteiger partial charge < -0.3 is 20.3 Å². The number of anilines is 2. The lowest BCUT2D eigenvalue weighted by molar-refractivity contribution is 0.114. The van der Waals surface area contributed by atoms with Gasteiger partial charge >= 0.3 is 0 Å². The first kappa shape index (κ1) is 16.5. The van der Waals surface area contributed by atoms with E-state index in [1.807, 2.05) is 12.3 Å². The van der Waals surface area contributed by atoms with Gasteiger partial charge in [0.15, 0.2) is 5.11 Å². The first-order valence-electron chi connectivity index (χ1n) is 8.61. The van der Waals surface area contributed by atoms with Crippen LogP contribution in [0.2, 0.25) is 0 Å². The summed E-state index contributed by atoms with van der Waals surface area (Å²) in [5, 5.41) is 7.03. The molecule has 0 aliphatic carbocycles. The summed E-state index contributed by atoms with van der Waals surface area (Å²) in [5.41, 5.74) is 0.920. The Morgan fingerprint density at radius 1 is 1.35 bits per heavy atom. The Bertz CT molecular complexity index is 516. The zero-order chi connectivity index (χ0) is 16.1. The lowest BCUT2D eigenvalue weighted by Gasteiger charge is -2.34. The SMILES string of the molecule is C[C@H]1CCCCN1c1ccc(NC(=S)NC[C@H]2CCCO2)cn1. The first-order chi connectivity index (χ1) is 11.2. The van der Waals surface area contributed by atoms with Crippen molar-refractivity contribution in [2.75, 3.05) is 29.9 Å². The van der Waals surface area contributed by atoms with E-state index in [0.29, 0.717) is 11.2 Å². The summed E-state index contributed by atoms with van der Waals surface area (Å²) in [6, 6.07) is 4.69. The van der Waals surface area contributed by atoms with Crippen molar-refractivity contribution in [1.82, 2.24) is 10.3 Å². The molecular weight excluding hydrogens is 308 g/mol. The highest BCUT2D eigenvalue weighted by atomic mass is 32.1. The molecule has 0 amide bonds. The van der Waals surface area contributed by atoms with Crippen molar-refractivity contribution in [3.05, 3.63) is 18.3 Å². The Morgan fingerprint density at radius 3 is 2.96 bits per heavy atom. The standard InChI is InChI=1S/C17H26N4OS/c1-13-5-2-3-9-21(13)16-8-7-14(11-18-16)20-17(23)19-12-15-6-4-10-22-15/h7-8,11,13,15H,2-6,9-10,12H2,1H3,(H2,19,20,23)/t13-,15+/m0/s1. The molecule has 2 aliphatic heterocycles. The van der Waals surface area contributed by atoms with Crippen molar-refractivity contribution in [2.45, 2.75) is 51.2 Å². The molecule has 0 saturated carbocycles. The zero-order valence-electron chi connectivity index (χ0n) is 13.8. The van der Waals surface area contributed by atoms with Crippen LogP contribution in [0.25, 0.3) is 0 Å². The molecule has 0 radical (unpaired) electrons. The topological polar surface area (TPSA) is 49.4 Å². The van der Waals surface area contributed by atoms with Gasteiger partial charge in [0.05, 0.1) is 18.0 Å². The lowest BCUT2D eigenvalue weighted by atomic mass is 10.0. The number of nitrogens with one attached hydrogen (secondary N) is 2. The van der Waals surface area contributed by atoms with Gasteiger partial charge in [0.25, 0.3) is 0 Å². The minimum atomic E-state index is 0.288. The van der Waals surface area contributed by atoms with Crippen LogP contribution in [0.3, 0.4) is 0 Å². The summed E-state index contributed by atoms with van der Waals surface area (Å²) in [6.07, 6.45) is 8.23. The molecule has 2 aliphatic rings. The Kier molecular flexibility index (Phi) is 5.67. The molecule has 1 aromatic heterocycles. The highest BCUT2D eigenvalue weighted by Gasteiger charge is 2.19. The third-order valence-electron chi connectivity index (χ3n) is 4.62. The maximum atomic E-state index is 5.58. The van der Waals surface area contributed by atoms with Crippen LogP contribution >= 0.6 is 12.2 Å². The van der Waals surface area contributed by atoms with E-state index in [1.54, 1.807) is 0 Å². The van der Waals surface area contributed by atoms with Crippen molar-refractivity contribution < 1.29 is 4.74 Å². The minimum Gasteiger partial charge on any atom is -0.376 e. The van der Waals surface area contributed by atoms with E-state index in [4.69, 9.17) is 17.0 Å². The van der Waals surface area contributed by atoms with E-state index in [-0.39, 0.29) is 6.10 Å². The number of piperidine rings is 1. The van der Waals surface area contributed by atoms with Crippen LogP contribution in [-0.4, -0.2) is 41.9 Å². The van der Waals surface area contributed by atoms with Gasteiger partial charge in [-0.3, -0.25) is 0 Å². The predicted octanol–water partition coefficient (Wildman–Crippen LogP) is 2.93. The van der Waals surface area contributed by atoms with Gasteiger partial charge in [0.2, 0.25) is 0 Å². The molecule has 2 N–H and O–H groups in total. The molecule has 0 bridgehead atoms. The van der Waals surface area contributed by atoms with Crippen molar-refractivity contribution in [3.8, 4) is 0 Å². The van der Waals surface area contributed by atoms with E-state index in [0.717, 1.165) is 44.0 Å². The highest BCUT2D eigenvalue weighted by Crippen LogP contribution is 2.23. The summed E-state index contributed by atoms with van der Waals surface area (Å²) < 4.78 is 5.58. The molecule has 23 heavy (non-hydrogen) atoms. The van der Waals surface area contributed by atoms with Crippen molar-refractivity contribution in [2.24, 2.45) is 0 Å². The van der Waals surface area contributed by atoms with Crippen molar-refractivity contribution in [1.29, 1.82) is 0 Å². The summed E-state index contributed by atoms with van der Waals surface area (Å²) in [6.45, 7) is 5.01. The lowest BCUT2D eigenvalue weighted by Crippen LogP contribution is -2.38. The van der Waals surface area contributed by atoms with Crippen LogP contribution in [-0.2, 0) is 4.74 Å². The fourth-order valence-electron chi connectivity index (χ4n) is 3.26. The first-order valence-corrected chi connectivity index (χ1v) is 9.02. The van der Waals surface area contributed by atoms with Crippen molar-refractivity contribution in [3.63, 3.8) is 0 Å². The third kappa shape index (κ3) is 4.54. The van der Waals surface area contributed by atoms with Gasteiger partial charge in [-0.25, -0.2) is 4.98 Å². The normalized spacial score (nSPS) is 24.5. The second-order valence-corrected chi connectivity index (χ2v) is 6.82. The van der Waals surface area contributed by atoms with Gasteiger partial charge in [0.1, 0.15) is 5.82 Å². The molecule has 0 aromatic carbocycles. The molecule has 1 aromatic rings. The van der Waals surface area contributed by atoms with Gasteiger partial charge in [0, 0.05) is 25.7 Å². The number of hydrogen-bond acceptors (Lipinski definition) is 4. The van der Waals surface area contributed by atoms with E-state index in [1.165, 1.54) is 19.3 Å². The number of rotatable bonds is 4. The number of pyridine rings is 1. The molecular formula is C17H26N4OS. The maximum Gasteiger partial charge on any atom is 0.170 e. The monoisotopic (exact) mass is 334 g/mol. The number of nitrogens with zero attached hydrogens (tertiary/aromatic N) is 2. The van der Waals surface area contributed by atoms with Crippen LogP contribution in [0.1, 0.15) is 39.0 Å². The quantitative estimate of drug-likeness (QED) is 0.826. The fourth-order valence-corrected chi connectivity index (χ4v) is 3.46. The molecule has 2 fully saturated rings. The van der Waals surface area contributed by atoms with Gasteiger partial charge in [-0.05, 0) is 63.4 Å². The average Bonchev–Trinajstić information content (AvgIpc) is 3.08. The van der Waals surface area contributed by atoms with E-state index < -0.39 is 0 Å². The molecule has 5 nitrogen and oxygen atoms in total. The molecule has 0 spiro atoms. The van der Waals surface area contributed by atoms with E-state index >= 15 is 0 Å². The summed E-state index contributed by atoms with van der Waals surface area (Å²) in [7, 11) is 0. The summed E-state index contributed by atoms with van der Waals surface area (Å²) in [5.74, 6) is 1.06.